The minimum absolute atomic E-state index is 0.625. The molecule has 0 bridgehead atoms. The summed E-state index contributed by atoms with van der Waals surface area (Å²) in [6, 6.07) is 8.25. The smallest absolute Gasteiger partial charge is 0.161 e. The average molecular weight is 350 g/mol. The van der Waals surface area contributed by atoms with Crippen LogP contribution in [0.2, 0.25) is 0 Å². The second kappa shape index (κ2) is 6.14. The van der Waals surface area contributed by atoms with E-state index in [0.29, 0.717) is 5.25 Å². The fourth-order valence-corrected chi connectivity index (χ4v) is 3.79. The van der Waals surface area contributed by atoms with Gasteiger partial charge in [-0.1, -0.05) is 37.2 Å². The van der Waals surface area contributed by atoms with Gasteiger partial charge in [0.25, 0.3) is 0 Å². The molecule has 0 spiro atoms. The maximum Gasteiger partial charge on any atom is 0.161 e. The lowest BCUT2D eigenvalue weighted by molar-refractivity contribution is 0.754. The fraction of sp³-hybridized carbons (Fsp3) is 0.333. The van der Waals surface area contributed by atoms with E-state index in [1.54, 1.807) is 0 Å². The van der Waals surface area contributed by atoms with E-state index in [4.69, 9.17) is 0 Å². The van der Waals surface area contributed by atoms with Crippen LogP contribution in [0.4, 0.5) is 5.69 Å². The number of hydrogen-bond donors (Lipinski definition) is 1. The molecule has 104 valence electrons. The molecule has 2 heterocycles. The van der Waals surface area contributed by atoms with Crippen molar-refractivity contribution in [2.75, 3.05) is 11.9 Å². The van der Waals surface area contributed by atoms with Gasteiger partial charge in [-0.05, 0) is 34.5 Å². The van der Waals surface area contributed by atoms with Crippen molar-refractivity contribution in [2.45, 2.75) is 25.0 Å². The van der Waals surface area contributed by atoms with E-state index in [1.165, 1.54) is 12.8 Å². The SMILES string of the molecule is CCCC1CN=C(Nc2cccc3cc(Br)cnc23)S1. The molecule has 1 N–H and O–H groups in total. The zero-order valence-corrected chi connectivity index (χ0v) is 13.7. The molecular formula is C15H16BrN3S. The Morgan fingerprint density at radius 3 is 3.20 bits per heavy atom. The van der Waals surface area contributed by atoms with E-state index in [2.05, 4.69) is 56.3 Å². The first-order chi connectivity index (χ1) is 9.76. The summed E-state index contributed by atoms with van der Waals surface area (Å²) >= 11 is 5.30. The van der Waals surface area contributed by atoms with E-state index in [-0.39, 0.29) is 0 Å². The largest absolute Gasteiger partial charge is 0.333 e. The number of halogens is 1. The Balaban J connectivity index is 1.82. The summed E-state index contributed by atoms with van der Waals surface area (Å²) in [5, 5.41) is 6.19. The average Bonchev–Trinajstić information content (AvgIpc) is 2.86. The van der Waals surface area contributed by atoms with Crippen LogP contribution < -0.4 is 5.32 Å². The molecule has 1 aliphatic heterocycles. The molecule has 0 saturated carbocycles. The van der Waals surface area contributed by atoms with E-state index in [9.17, 15) is 0 Å². The van der Waals surface area contributed by atoms with E-state index < -0.39 is 0 Å². The molecule has 0 saturated heterocycles. The van der Waals surface area contributed by atoms with Crippen LogP contribution in [0.25, 0.3) is 10.9 Å². The number of aliphatic imine (C=N–C) groups is 1. The normalized spacial score (nSPS) is 18.3. The summed E-state index contributed by atoms with van der Waals surface area (Å²) in [7, 11) is 0. The summed E-state index contributed by atoms with van der Waals surface area (Å²) in [6.07, 6.45) is 4.27. The van der Waals surface area contributed by atoms with Crippen molar-refractivity contribution in [3.63, 3.8) is 0 Å². The summed E-state index contributed by atoms with van der Waals surface area (Å²) in [4.78, 5) is 9.09. The molecule has 1 aromatic carbocycles. The first-order valence-electron chi connectivity index (χ1n) is 6.78. The van der Waals surface area contributed by atoms with Crippen molar-refractivity contribution in [1.29, 1.82) is 0 Å². The van der Waals surface area contributed by atoms with Gasteiger partial charge in [0.05, 0.1) is 17.7 Å². The molecule has 1 atom stereocenters. The highest BCUT2D eigenvalue weighted by Crippen LogP contribution is 2.29. The third-order valence-electron chi connectivity index (χ3n) is 3.25. The van der Waals surface area contributed by atoms with Crippen LogP contribution >= 0.6 is 27.7 Å². The first kappa shape index (κ1) is 13.9. The van der Waals surface area contributed by atoms with Gasteiger partial charge in [-0.3, -0.25) is 9.98 Å². The Kier molecular flexibility index (Phi) is 4.27. The van der Waals surface area contributed by atoms with Crippen molar-refractivity contribution < 1.29 is 0 Å². The number of thioether (sulfide) groups is 1. The van der Waals surface area contributed by atoms with Crippen molar-refractivity contribution in [3.8, 4) is 0 Å². The predicted molar refractivity (Wildman–Crippen MR) is 91.7 cm³/mol. The second-order valence-corrected chi connectivity index (χ2v) is 7.03. The maximum atomic E-state index is 4.59. The van der Waals surface area contributed by atoms with Gasteiger partial charge in [0.1, 0.15) is 0 Å². The highest BCUT2D eigenvalue weighted by Gasteiger charge is 2.19. The highest BCUT2D eigenvalue weighted by molar-refractivity contribution is 9.10. The Bertz CT molecular complexity index is 657. The van der Waals surface area contributed by atoms with Gasteiger partial charge >= 0.3 is 0 Å². The van der Waals surface area contributed by atoms with Crippen molar-refractivity contribution in [3.05, 3.63) is 34.9 Å². The van der Waals surface area contributed by atoms with Gasteiger partial charge in [0.2, 0.25) is 0 Å². The first-order valence-corrected chi connectivity index (χ1v) is 8.46. The monoisotopic (exact) mass is 349 g/mol. The van der Waals surface area contributed by atoms with Gasteiger partial charge in [-0.2, -0.15) is 0 Å². The summed E-state index contributed by atoms with van der Waals surface area (Å²) < 4.78 is 0.998. The number of anilines is 1. The minimum Gasteiger partial charge on any atom is -0.333 e. The lowest BCUT2D eigenvalue weighted by atomic mass is 10.2. The molecule has 1 aromatic heterocycles. The van der Waals surface area contributed by atoms with E-state index in [1.807, 2.05) is 24.0 Å². The number of nitrogens with one attached hydrogen (secondary N) is 1. The van der Waals surface area contributed by atoms with Crippen LogP contribution in [0.1, 0.15) is 19.8 Å². The molecule has 3 rings (SSSR count). The summed E-state index contributed by atoms with van der Waals surface area (Å²) in [5.41, 5.74) is 2.01. The van der Waals surface area contributed by atoms with Gasteiger partial charge in [0.15, 0.2) is 5.17 Å². The number of para-hydroxylation sites is 1. The molecule has 3 nitrogen and oxygen atoms in total. The van der Waals surface area contributed by atoms with Crippen LogP contribution in [0.3, 0.4) is 0 Å². The standard InChI is InChI=1S/C15H16BrN3S/c1-2-4-12-9-18-15(20-12)19-13-6-3-5-10-7-11(16)8-17-14(10)13/h3,5-8,12H,2,4,9H2,1H3,(H,18,19). The number of benzene rings is 1. The summed E-state index contributed by atoms with van der Waals surface area (Å²) in [5.74, 6) is 0. The third kappa shape index (κ3) is 2.99. The fourth-order valence-electron chi connectivity index (χ4n) is 2.31. The molecule has 5 heteroatoms. The number of amidine groups is 1. The van der Waals surface area contributed by atoms with Crippen LogP contribution in [-0.4, -0.2) is 21.9 Å². The number of pyridine rings is 1. The van der Waals surface area contributed by atoms with Crippen molar-refractivity contribution in [2.24, 2.45) is 4.99 Å². The lowest BCUT2D eigenvalue weighted by Crippen LogP contribution is -2.08. The number of nitrogens with zero attached hydrogens (tertiary/aromatic N) is 2. The van der Waals surface area contributed by atoms with Crippen LogP contribution in [0, 0.1) is 0 Å². The number of hydrogen-bond acceptors (Lipinski definition) is 4. The molecule has 1 aliphatic rings. The van der Waals surface area contributed by atoms with Crippen LogP contribution in [0.5, 0.6) is 0 Å². The molecule has 2 aromatic rings. The topological polar surface area (TPSA) is 37.3 Å². The van der Waals surface area contributed by atoms with Gasteiger partial charge in [0, 0.05) is 21.3 Å². The van der Waals surface area contributed by atoms with E-state index >= 15 is 0 Å². The van der Waals surface area contributed by atoms with Gasteiger partial charge in [-0.15, -0.1) is 0 Å². The number of aromatic nitrogens is 1. The second-order valence-electron chi connectivity index (χ2n) is 4.83. The third-order valence-corrected chi connectivity index (χ3v) is 4.85. The van der Waals surface area contributed by atoms with Gasteiger partial charge in [-0.25, -0.2) is 0 Å². The molecule has 1 unspecified atom stereocenters. The van der Waals surface area contributed by atoms with Crippen LogP contribution in [0.15, 0.2) is 39.9 Å². The Labute approximate surface area is 131 Å². The Morgan fingerprint density at radius 2 is 2.35 bits per heavy atom. The van der Waals surface area contributed by atoms with Crippen molar-refractivity contribution in [1.82, 2.24) is 4.98 Å². The van der Waals surface area contributed by atoms with Crippen LogP contribution in [-0.2, 0) is 0 Å². The maximum absolute atomic E-state index is 4.59. The predicted octanol–water partition coefficient (Wildman–Crippen LogP) is 4.68. The Hall–Kier alpha value is -1.07. The summed E-state index contributed by atoms with van der Waals surface area (Å²) in [6.45, 7) is 3.14. The molecule has 20 heavy (non-hydrogen) atoms. The number of fused-ring (bicyclic) bond motifs is 1. The molecule has 0 aliphatic carbocycles. The zero-order chi connectivity index (χ0) is 13.9. The van der Waals surface area contributed by atoms with Crippen molar-refractivity contribution >= 4 is 49.4 Å². The number of rotatable bonds is 3. The highest BCUT2D eigenvalue weighted by atomic mass is 79.9. The molecular weight excluding hydrogens is 334 g/mol. The van der Waals surface area contributed by atoms with Gasteiger partial charge < -0.3 is 5.32 Å². The Morgan fingerprint density at radius 1 is 1.45 bits per heavy atom. The van der Waals surface area contributed by atoms with E-state index in [0.717, 1.165) is 32.8 Å². The lowest BCUT2D eigenvalue weighted by Gasteiger charge is -2.10. The zero-order valence-electron chi connectivity index (χ0n) is 11.3. The minimum atomic E-state index is 0.625. The molecule has 0 fully saturated rings. The molecule has 0 amide bonds. The molecule has 0 radical (unpaired) electrons. The quantitative estimate of drug-likeness (QED) is 0.873.